The first-order chi connectivity index (χ1) is 8.61. The molecule has 0 N–H and O–H groups in total. The number of rotatable bonds is 2. The van der Waals surface area contributed by atoms with Crippen LogP contribution in [0.25, 0.3) is 0 Å². The number of nitriles is 1. The van der Waals surface area contributed by atoms with Gasteiger partial charge in [-0.15, -0.1) is 5.10 Å². The van der Waals surface area contributed by atoms with E-state index in [4.69, 9.17) is 34.8 Å². The van der Waals surface area contributed by atoms with E-state index in [1.54, 1.807) is 30.3 Å². The van der Waals surface area contributed by atoms with E-state index in [0.717, 1.165) is 0 Å². The van der Waals surface area contributed by atoms with Crippen molar-refractivity contribution in [2.75, 3.05) is 0 Å². The van der Waals surface area contributed by atoms with Crippen LogP contribution >= 0.6 is 34.8 Å². The Bertz CT molecular complexity index is 605. The molecule has 1 heterocycles. The summed E-state index contributed by atoms with van der Waals surface area (Å²) in [6.45, 7) is 0. The predicted octanol–water partition coefficient (Wildman–Crippen LogP) is 4.09. The van der Waals surface area contributed by atoms with Gasteiger partial charge in [0.15, 0.2) is 5.15 Å². The molecule has 0 saturated heterocycles. The molecule has 1 aromatic heterocycles. The predicted molar refractivity (Wildman–Crippen MR) is 71.0 cm³/mol. The molecule has 6 heteroatoms. The highest BCUT2D eigenvalue weighted by Crippen LogP contribution is 2.30. The lowest BCUT2D eigenvalue weighted by molar-refractivity contribution is 0.885. The molecule has 0 fully saturated rings. The van der Waals surface area contributed by atoms with Crippen molar-refractivity contribution in [2.24, 2.45) is 0 Å². The Morgan fingerprint density at radius 3 is 2.39 bits per heavy atom. The first-order valence-electron chi connectivity index (χ1n) is 4.95. The van der Waals surface area contributed by atoms with Crippen LogP contribution in [0.2, 0.25) is 15.2 Å². The van der Waals surface area contributed by atoms with Gasteiger partial charge >= 0.3 is 0 Å². The number of hydrogen-bond acceptors (Lipinski definition) is 3. The van der Waals surface area contributed by atoms with Crippen LogP contribution in [0.5, 0.6) is 0 Å². The minimum Gasteiger partial charge on any atom is -0.197 e. The molecule has 0 bridgehead atoms. The van der Waals surface area contributed by atoms with Gasteiger partial charge in [0.2, 0.25) is 0 Å². The summed E-state index contributed by atoms with van der Waals surface area (Å²) < 4.78 is 0. The fraction of sp³-hybridized carbons (Fsp3) is 0.0833. The van der Waals surface area contributed by atoms with Gasteiger partial charge in [0.05, 0.1) is 11.8 Å². The molecule has 2 rings (SSSR count). The van der Waals surface area contributed by atoms with Gasteiger partial charge in [0, 0.05) is 10.0 Å². The average Bonchev–Trinajstić information content (AvgIpc) is 2.35. The quantitative estimate of drug-likeness (QED) is 0.839. The molecule has 1 aromatic carbocycles. The second-order valence-electron chi connectivity index (χ2n) is 3.51. The Hall–Kier alpha value is -1.34. The number of hydrogen-bond donors (Lipinski definition) is 0. The van der Waals surface area contributed by atoms with Crippen LogP contribution in [0.1, 0.15) is 17.2 Å². The summed E-state index contributed by atoms with van der Waals surface area (Å²) in [5, 5.41) is 18.1. The van der Waals surface area contributed by atoms with Crippen molar-refractivity contribution in [1.82, 2.24) is 10.2 Å². The molecular weight excluding hydrogens is 293 g/mol. The normalized spacial score (nSPS) is 11.9. The maximum absolute atomic E-state index is 9.25. The van der Waals surface area contributed by atoms with Gasteiger partial charge < -0.3 is 0 Å². The SMILES string of the molecule is N#C[C@@H](c1ccc(Cl)nn1)c1ccc(Cl)cc1Cl. The lowest BCUT2D eigenvalue weighted by atomic mass is 9.97. The summed E-state index contributed by atoms with van der Waals surface area (Å²) >= 11 is 17.6. The molecule has 0 unspecified atom stereocenters. The van der Waals surface area contributed by atoms with Gasteiger partial charge in [0.25, 0.3) is 0 Å². The molecule has 0 aliphatic heterocycles. The summed E-state index contributed by atoms with van der Waals surface area (Å²) in [5.74, 6) is -0.598. The molecule has 90 valence electrons. The minimum absolute atomic E-state index is 0.276. The lowest BCUT2D eigenvalue weighted by Gasteiger charge is -2.10. The summed E-state index contributed by atoms with van der Waals surface area (Å²) in [4.78, 5) is 0. The molecule has 1 atom stereocenters. The topological polar surface area (TPSA) is 49.6 Å². The van der Waals surface area contributed by atoms with Gasteiger partial charge in [-0.3, -0.25) is 0 Å². The van der Waals surface area contributed by atoms with Gasteiger partial charge in [-0.25, -0.2) is 0 Å². The molecule has 18 heavy (non-hydrogen) atoms. The molecule has 0 amide bonds. The Kier molecular flexibility index (Phi) is 4.03. The zero-order valence-electron chi connectivity index (χ0n) is 8.94. The molecule has 0 spiro atoms. The van der Waals surface area contributed by atoms with E-state index in [0.29, 0.717) is 21.3 Å². The average molecular weight is 299 g/mol. The van der Waals surface area contributed by atoms with Crippen LogP contribution in [-0.4, -0.2) is 10.2 Å². The highest BCUT2D eigenvalue weighted by atomic mass is 35.5. The van der Waals surface area contributed by atoms with Crippen LogP contribution < -0.4 is 0 Å². The van der Waals surface area contributed by atoms with Crippen molar-refractivity contribution >= 4 is 34.8 Å². The van der Waals surface area contributed by atoms with Crippen LogP contribution in [0.4, 0.5) is 0 Å². The van der Waals surface area contributed by atoms with Crippen molar-refractivity contribution in [1.29, 1.82) is 5.26 Å². The van der Waals surface area contributed by atoms with Crippen LogP contribution in [0.3, 0.4) is 0 Å². The van der Waals surface area contributed by atoms with Gasteiger partial charge in [-0.2, -0.15) is 10.4 Å². The number of halogens is 3. The van der Waals surface area contributed by atoms with Crippen molar-refractivity contribution in [3.8, 4) is 6.07 Å². The monoisotopic (exact) mass is 297 g/mol. The maximum atomic E-state index is 9.25. The Morgan fingerprint density at radius 2 is 1.83 bits per heavy atom. The van der Waals surface area contributed by atoms with Gasteiger partial charge in [-0.05, 0) is 29.8 Å². The molecule has 0 radical (unpaired) electrons. The van der Waals surface area contributed by atoms with E-state index in [-0.39, 0.29) is 5.15 Å². The first kappa shape index (κ1) is 13.1. The van der Waals surface area contributed by atoms with E-state index in [1.165, 1.54) is 0 Å². The maximum Gasteiger partial charge on any atom is 0.151 e. The smallest absolute Gasteiger partial charge is 0.151 e. The zero-order chi connectivity index (χ0) is 13.1. The lowest BCUT2D eigenvalue weighted by Crippen LogP contribution is -2.03. The third-order valence-electron chi connectivity index (χ3n) is 2.35. The van der Waals surface area contributed by atoms with Gasteiger partial charge in [-0.1, -0.05) is 40.9 Å². The Balaban J connectivity index is 2.46. The molecule has 0 aliphatic carbocycles. The number of aromatic nitrogens is 2. The van der Waals surface area contributed by atoms with E-state index in [1.807, 2.05) is 0 Å². The highest BCUT2D eigenvalue weighted by molar-refractivity contribution is 6.35. The fourth-order valence-electron chi connectivity index (χ4n) is 1.51. The standard InChI is InChI=1S/C12H6Cl3N3/c13-7-1-2-8(10(14)5-7)9(6-16)11-3-4-12(15)18-17-11/h1-5,9H/t9-/m1/s1. The molecule has 3 nitrogen and oxygen atoms in total. The zero-order valence-corrected chi connectivity index (χ0v) is 11.2. The highest BCUT2D eigenvalue weighted by Gasteiger charge is 2.18. The molecule has 2 aromatic rings. The van der Waals surface area contributed by atoms with Crippen LogP contribution in [0, 0.1) is 11.3 Å². The van der Waals surface area contributed by atoms with Crippen LogP contribution in [-0.2, 0) is 0 Å². The molecular formula is C12H6Cl3N3. The third kappa shape index (κ3) is 2.73. The summed E-state index contributed by atoms with van der Waals surface area (Å²) in [6.07, 6.45) is 0. The van der Waals surface area contributed by atoms with Crippen molar-refractivity contribution in [2.45, 2.75) is 5.92 Å². The van der Waals surface area contributed by atoms with Crippen LogP contribution in [0.15, 0.2) is 30.3 Å². The summed E-state index contributed by atoms with van der Waals surface area (Å²) in [5.41, 5.74) is 1.13. The number of nitrogens with zero attached hydrogens (tertiary/aromatic N) is 3. The van der Waals surface area contributed by atoms with Gasteiger partial charge in [0.1, 0.15) is 5.92 Å². The van der Waals surface area contributed by atoms with Crippen molar-refractivity contribution in [3.05, 3.63) is 56.8 Å². The van der Waals surface area contributed by atoms with E-state index >= 15 is 0 Å². The van der Waals surface area contributed by atoms with E-state index < -0.39 is 5.92 Å². The fourth-order valence-corrected chi connectivity index (χ4v) is 2.13. The Morgan fingerprint density at radius 1 is 1.06 bits per heavy atom. The van der Waals surface area contributed by atoms with Crippen molar-refractivity contribution in [3.63, 3.8) is 0 Å². The number of benzene rings is 1. The van der Waals surface area contributed by atoms with Crippen molar-refractivity contribution < 1.29 is 0 Å². The van der Waals surface area contributed by atoms with E-state index in [2.05, 4.69) is 16.3 Å². The second-order valence-corrected chi connectivity index (χ2v) is 4.74. The summed E-state index contributed by atoms with van der Waals surface area (Å²) in [7, 11) is 0. The third-order valence-corrected chi connectivity index (χ3v) is 3.11. The molecule has 0 aliphatic rings. The minimum atomic E-state index is -0.598. The second kappa shape index (κ2) is 5.53. The largest absolute Gasteiger partial charge is 0.197 e. The first-order valence-corrected chi connectivity index (χ1v) is 6.09. The Labute approximate surface area is 119 Å². The summed E-state index contributed by atoms with van der Waals surface area (Å²) in [6, 6.07) is 10.3. The van der Waals surface area contributed by atoms with E-state index in [9.17, 15) is 5.26 Å². The molecule has 0 saturated carbocycles.